The highest BCUT2D eigenvalue weighted by Gasteiger charge is 2.69. The molecule has 2 aliphatic carbocycles. The van der Waals surface area contributed by atoms with E-state index in [1.807, 2.05) is 42.5 Å². The number of hydrogen-bond acceptors (Lipinski definition) is 9. The summed E-state index contributed by atoms with van der Waals surface area (Å²) in [6, 6.07) is 19.8. The monoisotopic (exact) mass is 702 g/mol. The van der Waals surface area contributed by atoms with E-state index in [0.717, 1.165) is 27.5 Å². The third-order valence-corrected chi connectivity index (χ3v) is 13.0. The number of nitrogens with zero attached hydrogens (tertiary/aromatic N) is 1. The van der Waals surface area contributed by atoms with Gasteiger partial charge in [0.05, 0.1) is 41.8 Å². The Morgan fingerprint density at radius 3 is 2.48 bits per heavy atom. The number of thiazole rings is 1. The first kappa shape index (κ1) is 31.2. The first-order chi connectivity index (χ1) is 23.3. The Morgan fingerprint density at radius 2 is 1.75 bits per heavy atom. The summed E-state index contributed by atoms with van der Waals surface area (Å²) in [5, 5.41) is 1.52. The largest absolute Gasteiger partial charge is 0.493 e. The van der Waals surface area contributed by atoms with Crippen molar-refractivity contribution in [1.82, 2.24) is 4.98 Å². The fourth-order valence-electron chi connectivity index (χ4n) is 8.39. The summed E-state index contributed by atoms with van der Waals surface area (Å²) >= 11 is 9.01. The standard InChI is InChI=1S/C36H31ClN2O7S2/c1-3-45-35(42)18-7-10-21(11-8-18)39-33(40)28-22-15-23(29(28)34(39)41)30-27(22)26(31-32(47-30)38-36(43)48-31)19-9-12-24(25(14-19)44-2)46-16-17-5-4-6-20(37)13-17/h4-14,22-23,26-30H,3,15-16H2,1-2H3,(H,38,43)/t22-,23-,26?,27?,28?,29?,30?/m1/s1. The summed E-state index contributed by atoms with van der Waals surface area (Å²) in [6.07, 6.45) is 0.776. The number of hydrogen-bond donors (Lipinski definition) is 1. The number of carbonyl (C=O) groups excluding carboxylic acids is 3. The average molecular weight is 703 g/mol. The molecule has 48 heavy (non-hydrogen) atoms. The Balaban J connectivity index is 1.11. The number of thioether (sulfide) groups is 1. The number of methoxy groups -OCH3 is 1. The number of carbonyl (C=O) groups is 3. The highest BCUT2D eigenvalue weighted by Crippen LogP contribution is 2.68. The Hall–Kier alpha value is -4.06. The second-order valence-corrected chi connectivity index (χ2v) is 15.2. The van der Waals surface area contributed by atoms with Gasteiger partial charge >= 0.3 is 10.8 Å². The van der Waals surface area contributed by atoms with Crippen molar-refractivity contribution in [2.24, 2.45) is 29.6 Å². The highest BCUT2D eigenvalue weighted by atomic mass is 35.5. The van der Waals surface area contributed by atoms with Crippen LogP contribution < -0.4 is 19.2 Å². The third kappa shape index (κ3) is 4.97. The molecule has 2 bridgehead atoms. The predicted molar refractivity (Wildman–Crippen MR) is 182 cm³/mol. The number of benzene rings is 3. The minimum Gasteiger partial charge on any atom is -0.493 e. The van der Waals surface area contributed by atoms with E-state index in [4.69, 9.17) is 25.8 Å². The van der Waals surface area contributed by atoms with Gasteiger partial charge in [-0.15, -0.1) is 11.8 Å². The lowest BCUT2D eigenvalue weighted by Gasteiger charge is -2.43. The molecule has 2 saturated carbocycles. The van der Waals surface area contributed by atoms with Crippen LogP contribution in [-0.4, -0.2) is 41.7 Å². The molecule has 2 aliphatic heterocycles. The molecule has 1 saturated heterocycles. The number of aromatic amines is 1. The van der Waals surface area contributed by atoms with Crippen molar-refractivity contribution in [3.63, 3.8) is 0 Å². The predicted octanol–water partition coefficient (Wildman–Crippen LogP) is 6.53. The van der Waals surface area contributed by atoms with Crippen LogP contribution >= 0.6 is 34.7 Å². The zero-order valence-electron chi connectivity index (χ0n) is 26.0. The summed E-state index contributed by atoms with van der Waals surface area (Å²) in [7, 11) is 1.60. The van der Waals surface area contributed by atoms with Gasteiger partial charge in [0, 0.05) is 21.1 Å². The van der Waals surface area contributed by atoms with Crippen LogP contribution in [0.3, 0.4) is 0 Å². The molecule has 4 aromatic rings. The molecule has 0 spiro atoms. The second kappa shape index (κ2) is 12.1. The van der Waals surface area contributed by atoms with Gasteiger partial charge in [-0.2, -0.15) is 0 Å². The van der Waals surface area contributed by atoms with Crippen molar-refractivity contribution < 1.29 is 28.6 Å². The molecule has 1 N–H and O–H groups in total. The summed E-state index contributed by atoms with van der Waals surface area (Å²) in [6.45, 7) is 2.31. The minimum absolute atomic E-state index is 0.0171. The van der Waals surface area contributed by atoms with E-state index < -0.39 is 17.8 Å². The number of ether oxygens (including phenoxy) is 3. The summed E-state index contributed by atoms with van der Waals surface area (Å²) in [5.41, 5.74) is 2.72. The van der Waals surface area contributed by atoms with Crippen LogP contribution in [0, 0.1) is 29.6 Å². The summed E-state index contributed by atoms with van der Waals surface area (Å²) in [4.78, 5) is 58.2. The Kier molecular flexibility index (Phi) is 7.88. The van der Waals surface area contributed by atoms with Gasteiger partial charge in [-0.1, -0.05) is 41.1 Å². The van der Waals surface area contributed by atoms with Crippen molar-refractivity contribution >= 4 is 58.2 Å². The average Bonchev–Trinajstić information content (AvgIpc) is 3.82. The number of aromatic nitrogens is 1. The normalized spacial score (nSPS) is 26.6. The molecule has 0 radical (unpaired) electrons. The van der Waals surface area contributed by atoms with Crippen LogP contribution in [0.15, 0.2) is 76.6 Å². The van der Waals surface area contributed by atoms with E-state index in [2.05, 4.69) is 4.98 Å². The molecule has 3 fully saturated rings. The van der Waals surface area contributed by atoms with Crippen LogP contribution in [0.1, 0.15) is 45.6 Å². The maximum atomic E-state index is 14.1. The first-order valence-corrected chi connectivity index (χ1v) is 17.9. The number of H-pyrrole nitrogens is 1. The Bertz CT molecular complexity index is 2010. The number of rotatable bonds is 8. The van der Waals surface area contributed by atoms with E-state index in [9.17, 15) is 19.2 Å². The molecule has 246 valence electrons. The molecule has 1 aromatic heterocycles. The maximum absolute atomic E-state index is 14.1. The maximum Gasteiger partial charge on any atom is 0.338 e. The molecule has 5 unspecified atom stereocenters. The zero-order valence-corrected chi connectivity index (χ0v) is 28.4. The molecule has 8 rings (SSSR count). The summed E-state index contributed by atoms with van der Waals surface area (Å²) in [5.74, 6) is -0.750. The SMILES string of the molecule is CCOC(=O)c1ccc(N2C(=O)C3C(C2=O)[C@@H]2C[C@H]3C3Sc4[nH]c(=O)sc4C(c4ccc(OCc5cccc(Cl)c5)c(OC)c4)C32)cc1. The molecule has 9 nitrogen and oxygen atoms in total. The van der Waals surface area contributed by atoms with E-state index in [1.54, 1.807) is 50.1 Å². The van der Waals surface area contributed by atoms with Crippen molar-refractivity contribution in [2.75, 3.05) is 18.6 Å². The molecule has 12 heteroatoms. The number of amides is 2. The van der Waals surface area contributed by atoms with Gasteiger partial charge in [-0.05, 0) is 90.8 Å². The Morgan fingerprint density at radius 1 is 0.979 bits per heavy atom. The van der Waals surface area contributed by atoms with Crippen molar-refractivity contribution in [3.8, 4) is 11.5 Å². The van der Waals surface area contributed by atoms with E-state index in [1.165, 1.54) is 16.2 Å². The molecule has 3 heterocycles. The van der Waals surface area contributed by atoms with Gasteiger partial charge in [0.1, 0.15) is 6.61 Å². The number of nitrogens with one attached hydrogen (secondary N) is 1. The molecular formula is C36H31ClN2O7S2. The molecule has 7 atom stereocenters. The number of esters is 1. The summed E-state index contributed by atoms with van der Waals surface area (Å²) < 4.78 is 17.0. The molecule has 3 aromatic carbocycles. The fourth-order valence-corrected chi connectivity index (χ4v) is 11.5. The van der Waals surface area contributed by atoms with E-state index >= 15 is 0 Å². The van der Waals surface area contributed by atoms with E-state index in [0.29, 0.717) is 34.4 Å². The fraction of sp³-hybridized carbons (Fsp3) is 0.333. The van der Waals surface area contributed by atoms with Gasteiger partial charge in [0.15, 0.2) is 11.5 Å². The number of halogens is 1. The zero-order chi connectivity index (χ0) is 33.3. The smallest absolute Gasteiger partial charge is 0.338 e. The quantitative estimate of drug-likeness (QED) is 0.163. The lowest BCUT2D eigenvalue weighted by atomic mass is 9.68. The molecule has 4 aliphatic rings. The second-order valence-electron chi connectivity index (χ2n) is 12.6. The van der Waals surface area contributed by atoms with Crippen LogP contribution in [0.25, 0.3) is 0 Å². The molecular weight excluding hydrogens is 672 g/mol. The lowest BCUT2D eigenvalue weighted by molar-refractivity contribution is -0.123. The van der Waals surface area contributed by atoms with Crippen LogP contribution in [0.4, 0.5) is 5.69 Å². The van der Waals surface area contributed by atoms with Crippen molar-refractivity contribution in [1.29, 1.82) is 0 Å². The van der Waals surface area contributed by atoms with Gasteiger partial charge < -0.3 is 19.2 Å². The van der Waals surface area contributed by atoms with Crippen LogP contribution in [-0.2, 0) is 20.9 Å². The highest BCUT2D eigenvalue weighted by molar-refractivity contribution is 8.00. The van der Waals surface area contributed by atoms with Crippen molar-refractivity contribution in [3.05, 3.63) is 103 Å². The first-order valence-electron chi connectivity index (χ1n) is 15.9. The Labute approximate surface area is 289 Å². The number of imide groups is 1. The third-order valence-electron chi connectivity index (χ3n) is 10.2. The van der Waals surface area contributed by atoms with Gasteiger partial charge in [-0.3, -0.25) is 19.3 Å². The van der Waals surface area contributed by atoms with Crippen LogP contribution in [0.5, 0.6) is 11.5 Å². The lowest BCUT2D eigenvalue weighted by Crippen LogP contribution is -2.42. The number of anilines is 1. The van der Waals surface area contributed by atoms with Crippen LogP contribution in [0.2, 0.25) is 5.02 Å². The van der Waals surface area contributed by atoms with Gasteiger partial charge in [0.2, 0.25) is 11.8 Å². The van der Waals surface area contributed by atoms with E-state index in [-0.39, 0.29) is 52.2 Å². The van der Waals surface area contributed by atoms with Gasteiger partial charge in [-0.25, -0.2) is 4.79 Å². The van der Waals surface area contributed by atoms with Crippen molar-refractivity contribution in [2.45, 2.75) is 36.1 Å². The molecule has 2 amide bonds. The topological polar surface area (TPSA) is 115 Å². The number of fused-ring (bicyclic) bond motifs is 9. The van der Waals surface area contributed by atoms with Gasteiger partial charge in [0.25, 0.3) is 0 Å². The minimum atomic E-state index is -0.451.